The molecule has 0 saturated heterocycles. The molecule has 0 saturated carbocycles. The Morgan fingerprint density at radius 2 is 1.62 bits per heavy atom. The number of sulfone groups is 1. The second-order valence-electron chi connectivity index (χ2n) is 12.7. The van der Waals surface area contributed by atoms with Gasteiger partial charge in [0.2, 0.25) is 39.4 Å². The van der Waals surface area contributed by atoms with Crippen LogP contribution in [0.15, 0.2) is 33.9 Å². The third-order valence-corrected chi connectivity index (χ3v) is 8.19. The summed E-state index contributed by atoms with van der Waals surface area (Å²) in [5.41, 5.74) is -0.402. The largest absolute Gasteiger partial charge is 0.492 e. The Hall–Kier alpha value is -3.74. The van der Waals surface area contributed by atoms with Crippen LogP contribution in [0.4, 0.5) is 0 Å². The molecule has 1 aromatic carbocycles. The molecule has 4 amide bonds. The molecule has 16 nitrogen and oxygen atoms in total. The van der Waals surface area contributed by atoms with Gasteiger partial charge in [-0.3, -0.25) is 19.2 Å². The predicted molar refractivity (Wildman–Crippen MR) is 187 cm³/mol. The van der Waals surface area contributed by atoms with E-state index in [1.54, 1.807) is 45.0 Å². The van der Waals surface area contributed by atoms with E-state index in [9.17, 15) is 27.6 Å². The normalized spacial score (nSPS) is 14.2. The Balaban J connectivity index is 1.87. The van der Waals surface area contributed by atoms with Crippen molar-refractivity contribution in [2.75, 3.05) is 46.2 Å². The van der Waals surface area contributed by atoms with Crippen LogP contribution >= 0.6 is 12.6 Å². The van der Waals surface area contributed by atoms with Gasteiger partial charge in [0, 0.05) is 38.4 Å². The van der Waals surface area contributed by atoms with E-state index < -0.39 is 43.5 Å². The Morgan fingerprint density at radius 3 is 2.22 bits per heavy atom. The number of amides is 4. The van der Waals surface area contributed by atoms with Crippen LogP contribution in [-0.2, 0) is 38.5 Å². The molecule has 0 aliphatic carbocycles. The number of hydrogen-bond acceptors (Lipinski definition) is 13. The summed E-state index contributed by atoms with van der Waals surface area (Å²) in [6, 6.07) is 5.42. The van der Waals surface area contributed by atoms with Crippen molar-refractivity contribution in [2.24, 2.45) is 5.92 Å². The standard InChI is InChI=1S/C32H50N6O10S2/c1-8-9-25(39)35-19-24(36-27(41)16-31(3,4)47-20-21(2)18-34-26(40)17-32(5,49)45-6)28(42)33-14-15-46-23-12-10-22(11-13-23)29-37-38-30(48-29)50(7,43)44/h10-13,21,24,49H,8-9,14-20H2,1-7H3,(H,33,42)(H,34,40)(H,35,39)(H,36,41)/t21?,24-,32?/m0/s1. The summed E-state index contributed by atoms with van der Waals surface area (Å²) >= 11 is 4.29. The van der Waals surface area contributed by atoms with Crippen molar-refractivity contribution in [1.82, 2.24) is 31.5 Å². The minimum atomic E-state index is -3.63. The van der Waals surface area contributed by atoms with Gasteiger partial charge in [0.25, 0.3) is 0 Å². The Labute approximate surface area is 298 Å². The van der Waals surface area contributed by atoms with Crippen LogP contribution in [0, 0.1) is 5.92 Å². The van der Waals surface area contributed by atoms with Crippen LogP contribution in [-0.4, -0.2) is 105 Å². The van der Waals surface area contributed by atoms with Crippen molar-refractivity contribution >= 4 is 46.1 Å². The van der Waals surface area contributed by atoms with E-state index in [2.05, 4.69) is 44.1 Å². The maximum absolute atomic E-state index is 13.1. The molecule has 3 atom stereocenters. The van der Waals surface area contributed by atoms with Gasteiger partial charge in [-0.2, -0.15) is 0 Å². The fourth-order valence-electron chi connectivity index (χ4n) is 4.21. The minimum Gasteiger partial charge on any atom is -0.492 e. The van der Waals surface area contributed by atoms with E-state index in [1.807, 2.05) is 13.8 Å². The van der Waals surface area contributed by atoms with Gasteiger partial charge in [-0.15, -0.1) is 17.7 Å². The quantitative estimate of drug-likeness (QED) is 0.0662. The number of nitrogens with one attached hydrogen (secondary N) is 4. The van der Waals surface area contributed by atoms with E-state index in [1.165, 1.54) is 7.11 Å². The smallest absolute Gasteiger partial charge is 0.335 e. The summed E-state index contributed by atoms with van der Waals surface area (Å²) < 4.78 is 45.2. The minimum absolute atomic E-state index is 0.0363. The van der Waals surface area contributed by atoms with Crippen molar-refractivity contribution in [3.8, 4) is 17.2 Å². The van der Waals surface area contributed by atoms with Crippen molar-refractivity contribution < 1.29 is 46.2 Å². The fraction of sp³-hybridized carbons (Fsp3) is 0.625. The van der Waals surface area contributed by atoms with Gasteiger partial charge in [-0.05, 0) is 57.4 Å². The Morgan fingerprint density at radius 1 is 0.960 bits per heavy atom. The highest BCUT2D eigenvalue weighted by molar-refractivity contribution is 7.90. The molecule has 0 spiro atoms. The maximum Gasteiger partial charge on any atom is 0.335 e. The number of ether oxygens (including phenoxy) is 3. The van der Waals surface area contributed by atoms with Crippen molar-refractivity contribution in [3.05, 3.63) is 24.3 Å². The number of methoxy groups -OCH3 is 1. The molecule has 0 aliphatic rings. The van der Waals surface area contributed by atoms with Crippen molar-refractivity contribution in [3.63, 3.8) is 0 Å². The van der Waals surface area contributed by atoms with Gasteiger partial charge in [0.05, 0.1) is 31.6 Å². The highest BCUT2D eigenvalue weighted by Crippen LogP contribution is 2.23. The highest BCUT2D eigenvalue weighted by atomic mass is 32.2. The Kier molecular flexibility index (Phi) is 16.6. The number of thiol groups is 1. The lowest BCUT2D eigenvalue weighted by Gasteiger charge is -2.28. The molecule has 0 fully saturated rings. The molecular formula is C32H50N6O10S2. The van der Waals surface area contributed by atoms with Crippen LogP contribution in [0.2, 0.25) is 0 Å². The summed E-state index contributed by atoms with van der Waals surface area (Å²) in [6.45, 7) is 9.66. The van der Waals surface area contributed by atoms with Crippen molar-refractivity contribution in [1.29, 1.82) is 0 Å². The first-order valence-corrected chi connectivity index (χ1v) is 18.5. The van der Waals surface area contributed by atoms with Gasteiger partial charge < -0.3 is 39.9 Å². The Bertz CT molecular complexity index is 1530. The monoisotopic (exact) mass is 742 g/mol. The number of benzene rings is 1. The second-order valence-corrected chi connectivity index (χ2v) is 15.5. The molecule has 1 heterocycles. The van der Waals surface area contributed by atoms with E-state index in [4.69, 9.17) is 18.6 Å². The van der Waals surface area contributed by atoms with Crippen LogP contribution < -0.4 is 26.0 Å². The van der Waals surface area contributed by atoms with Crippen LogP contribution in [0.3, 0.4) is 0 Å². The molecule has 0 bridgehead atoms. The molecule has 1 aromatic heterocycles. The second kappa shape index (κ2) is 19.6. The average molecular weight is 743 g/mol. The highest BCUT2D eigenvalue weighted by Gasteiger charge is 2.28. The number of rotatable bonds is 22. The molecule has 0 aliphatic heterocycles. The van der Waals surface area contributed by atoms with Gasteiger partial charge in [-0.1, -0.05) is 18.9 Å². The van der Waals surface area contributed by atoms with Crippen molar-refractivity contribution in [2.45, 2.75) is 82.1 Å². The lowest BCUT2D eigenvalue weighted by molar-refractivity contribution is -0.133. The predicted octanol–water partition coefficient (Wildman–Crippen LogP) is 1.66. The number of aromatic nitrogens is 2. The topological polar surface area (TPSA) is 217 Å². The summed E-state index contributed by atoms with van der Waals surface area (Å²) in [4.78, 5) is 49.5. The number of carbonyl (C=O) groups is 4. The summed E-state index contributed by atoms with van der Waals surface area (Å²) in [7, 11) is -2.15. The third kappa shape index (κ3) is 15.9. The van der Waals surface area contributed by atoms with E-state index >= 15 is 0 Å². The number of hydrogen-bond donors (Lipinski definition) is 5. The first kappa shape index (κ1) is 42.4. The molecule has 50 heavy (non-hydrogen) atoms. The third-order valence-electron chi connectivity index (χ3n) is 7.05. The number of carbonyl (C=O) groups excluding carboxylic acids is 4. The molecule has 2 unspecified atom stereocenters. The molecule has 2 rings (SSSR count). The van der Waals surface area contributed by atoms with E-state index in [0.717, 1.165) is 6.26 Å². The summed E-state index contributed by atoms with van der Waals surface area (Å²) in [5.74, 6) is -0.966. The van der Waals surface area contributed by atoms with E-state index in [-0.39, 0.29) is 69.2 Å². The van der Waals surface area contributed by atoms with Crippen LogP contribution in [0.25, 0.3) is 11.5 Å². The fourth-order valence-corrected chi connectivity index (χ4v) is 4.77. The first-order valence-electron chi connectivity index (χ1n) is 16.1. The lowest BCUT2D eigenvalue weighted by Crippen LogP contribution is -2.54. The summed E-state index contributed by atoms with van der Waals surface area (Å²) in [6.07, 6.45) is 1.89. The first-order chi connectivity index (χ1) is 23.3. The zero-order chi connectivity index (χ0) is 37.5. The molecule has 0 radical (unpaired) electrons. The van der Waals surface area contributed by atoms with Gasteiger partial charge in [0.1, 0.15) is 23.3 Å². The van der Waals surface area contributed by atoms with Gasteiger partial charge in [-0.25, -0.2) is 8.42 Å². The zero-order valence-corrected chi connectivity index (χ0v) is 31.4. The molecule has 4 N–H and O–H groups in total. The van der Waals surface area contributed by atoms with Gasteiger partial charge in [0.15, 0.2) is 0 Å². The van der Waals surface area contributed by atoms with E-state index in [0.29, 0.717) is 24.3 Å². The average Bonchev–Trinajstić information content (AvgIpc) is 3.54. The molecule has 280 valence electrons. The number of nitrogens with zero attached hydrogens (tertiary/aromatic N) is 2. The van der Waals surface area contributed by atoms with Crippen LogP contribution in [0.1, 0.15) is 60.3 Å². The molecule has 2 aromatic rings. The SMILES string of the molecule is CCCC(=O)NC[C@H](NC(=O)CC(C)(C)OCC(C)CNC(=O)CC(C)(S)OC)C(=O)NCCOc1ccc(-c2nnc(S(C)(=O)=O)o2)cc1. The zero-order valence-electron chi connectivity index (χ0n) is 29.7. The van der Waals surface area contributed by atoms with Crippen LogP contribution in [0.5, 0.6) is 5.75 Å². The maximum atomic E-state index is 13.1. The molecule has 18 heteroatoms. The molecular weight excluding hydrogens is 693 g/mol. The summed E-state index contributed by atoms with van der Waals surface area (Å²) in [5, 5.41) is 17.7. The lowest BCUT2D eigenvalue weighted by atomic mass is 10.0. The van der Waals surface area contributed by atoms with Gasteiger partial charge >= 0.3 is 5.22 Å².